The van der Waals surface area contributed by atoms with Crippen LogP contribution in [0.25, 0.3) is 0 Å². The number of hydrogen-bond donors (Lipinski definition) is 2. The van der Waals surface area contributed by atoms with Gasteiger partial charge in [-0.15, -0.1) is 0 Å². The molecule has 0 unspecified atom stereocenters. The Kier molecular flexibility index (Phi) is 6.18. The van der Waals surface area contributed by atoms with Crippen LogP contribution in [-0.4, -0.2) is 76.2 Å². The average Bonchev–Trinajstić information content (AvgIpc) is 2.50. The summed E-state index contributed by atoms with van der Waals surface area (Å²) in [6.45, 7) is 6.84. The fourth-order valence-electron chi connectivity index (χ4n) is 1.94. The van der Waals surface area contributed by atoms with Gasteiger partial charge in [0.2, 0.25) is 0 Å². The molecule has 1 rings (SSSR count). The molecule has 1 saturated heterocycles. The molecule has 1 aliphatic heterocycles. The molecule has 5 heteroatoms. The van der Waals surface area contributed by atoms with Crippen LogP contribution in [0.5, 0.6) is 0 Å². The summed E-state index contributed by atoms with van der Waals surface area (Å²) < 4.78 is 0. The minimum atomic E-state index is 0.868. The third-order valence-electron chi connectivity index (χ3n) is 2.99. The molecule has 16 heavy (non-hydrogen) atoms. The molecular formula is C11H25N5. The summed E-state index contributed by atoms with van der Waals surface area (Å²) in [6, 6.07) is 0. The molecule has 0 aliphatic carbocycles. The fourth-order valence-corrected chi connectivity index (χ4v) is 1.94. The lowest BCUT2D eigenvalue weighted by Gasteiger charge is -2.20. The summed E-state index contributed by atoms with van der Waals surface area (Å²) in [7, 11) is 5.88. The molecular weight excluding hydrogens is 202 g/mol. The van der Waals surface area contributed by atoms with Gasteiger partial charge in [0.05, 0.1) is 0 Å². The van der Waals surface area contributed by atoms with Gasteiger partial charge in [-0.2, -0.15) is 0 Å². The lowest BCUT2D eigenvalue weighted by molar-refractivity contribution is 0.280. The van der Waals surface area contributed by atoms with Gasteiger partial charge in [-0.05, 0) is 26.6 Å². The minimum Gasteiger partial charge on any atom is -0.359 e. The van der Waals surface area contributed by atoms with Crippen LogP contribution in [0.15, 0.2) is 4.99 Å². The Hall–Kier alpha value is -0.810. The second-order valence-electron chi connectivity index (χ2n) is 4.25. The molecule has 0 aromatic rings. The van der Waals surface area contributed by atoms with Crippen molar-refractivity contribution in [3.63, 3.8) is 0 Å². The highest BCUT2D eigenvalue weighted by Gasteiger charge is 2.11. The molecule has 1 aliphatic rings. The average molecular weight is 227 g/mol. The van der Waals surface area contributed by atoms with Crippen molar-refractivity contribution in [3.8, 4) is 0 Å². The van der Waals surface area contributed by atoms with E-state index in [1.165, 1.54) is 32.6 Å². The number of aliphatic imine (C=N–C) groups is 1. The van der Waals surface area contributed by atoms with Gasteiger partial charge in [0.1, 0.15) is 0 Å². The monoisotopic (exact) mass is 227 g/mol. The number of guanidine groups is 1. The molecule has 1 heterocycles. The third kappa shape index (κ3) is 4.81. The highest BCUT2D eigenvalue weighted by atomic mass is 15.2. The first-order chi connectivity index (χ1) is 7.76. The van der Waals surface area contributed by atoms with Crippen molar-refractivity contribution < 1.29 is 0 Å². The first-order valence-electron chi connectivity index (χ1n) is 6.05. The zero-order chi connectivity index (χ0) is 11.8. The predicted octanol–water partition coefficient (Wildman–Crippen LogP) is -0.581. The predicted molar refractivity (Wildman–Crippen MR) is 69.0 cm³/mol. The molecule has 0 bridgehead atoms. The van der Waals surface area contributed by atoms with E-state index >= 15 is 0 Å². The highest BCUT2D eigenvalue weighted by molar-refractivity contribution is 5.79. The first kappa shape index (κ1) is 13.3. The second-order valence-corrected chi connectivity index (χ2v) is 4.25. The molecule has 0 aromatic heterocycles. The van der Waals surface area contributed by atoms with E-state index in [9.17, 15) is 0 Å². The van der Waals surface area contributed by atoms with Crippen LogP contribution in [0.4, 0.5) is 0 Å². The molecule has 0 atom stereocenters. The molecule has 0 amide bonds. The van der Waals surface area contributed by atoms with Crippen molar-refractivity contribution in [3.05, 3.63) is 0 Å². The zero-order valence-corrected chi connectivity index (χ0v) is 10.8. The second kappa shape index (κ2) is 7.46. The smallest absolute Gasteiger partial charge is 0.190 e. The largest absolute Gasteiger partial charge is 0.359 e. The van der Waals surface area contributed by atoms with E-state index in [1.807, 2.05) is 7.05 Å². The van der Waals surface area contributed by atoms with Crippen molar-refractivity contribution in [2.45, 2.75) is 6.42 Å². The topological polar surface area (TPSA) is 42.9 Å². The summed E-state index contributed by atoms with van der Waals surface area (Å²) in [5, 5.41) is 6.30. The molecule has 2 N–H and O–H groups in total. The SMILES string of the molecule is CN=C(NC)NCCN1CCCN(C)CC1. The van der Waals surface area contributed by atoms with E-state index in [4.69, 9.17) is 0 Å². The maximum Gasteiger partial charge on any atom is 0.190 e. The quantitative estimate of drug-likeness (QED) is 0.500. The molecule has 0 saturated carbocycles. The number of nitrogens with zero attached hydrogens (tertiary/aromatic N) is 3. The Labute approximate surface area is 98.9 Å². The summed E-state index contributed by atoms with van der Waals surface area (Å²) in [6.07, 6.45) is 1.28. The van der Waals surface area contributed by atoms with Crippen LogP contribution in [0.2, 0.25) is 0 Å². The van der Waals surface area contributed by atoms with E-state index in [-0.39, 0.29) is 0 Å². The fraction of sp³-hybridized carbons (Fsp3) is 0.909. The summed E-state index contributed by atoms with van der Waals surface area (Å²) in [4.78, 5) is 9.00. The Bertz CT molecular complexity index is 216. The lowest BCUT2D eigenvalue weighted by atomic mass is 10.4. The van der Waals surface area contributed by atoms with Crippen LogP contribution >= 0.6 is 0 Å². The molecule has 1 fully saturated rings. The minimum absolute atomic E-state index is 0.868. The van der Waals surface area contributed by atoms with E-state index < -0.39 is 0 Å². The molecule has 5 nitrogen and oxygen atoms in total. The van der Waals surface area contributed by atoms with Crippen molar-refractivity contribution in [2.24, 2.45) is 4.99 Å². The highest BCUT2D eigenvalue weighted by Crippen LogP contribution is 1.99. The maximum absolute atomic E-state index is 4.09. The zero-order valence-electron chi connectivity index (χ0n) is 10.8. The molecule has 0 aromatic carbocycles. The van der Waals surface area contributed by atoms with Gasteiger partial charge < -0.3 is 20.4 Å². The Morgan fingerprint density at radius 2 is 2.06 bits per heavy atom. The normalized spacial score (nSPS) is 20.6. The number of rotatable bonds is 3. The standard InChI is InChI=1S/C11H25N5/c1-12-11(13-2)14-5-8-16-7-4-6-15(3)9-10-16/h4-10H2,1-3H3,(H2,12,13,14). The Morgan fingerprint density at radius 3 is 2.75 bits per heavy atom. The van der Waals surface area contributed by atoms with Crippen molar-refractivity contribution in [1.82, 2.24) is 20.4 Å². The van der Waals surface area contributed by atoms with Crippen LogP contribution in [0.3, 0.4) is 0 Å². The van der Waals surface area contributed by atoms with Gasteiger partial charge in [0.15, 0.2) is 5.96 Å². The number of nitrogens with one attached hydrogen (secondary N) is 2. The van der Waals surface area contributed by atoms with Gasteiger partial charge in [-0.1, -0.05) is 0 Å². The van der Waals surface area contributed by atoms with Crippen molar-refractivity contribution >= 4 is 5.96 Å². The van der Waals surface area contributed by atoms with Gasteiger partial charge >= 0.3 is 0 Å². The molecule has 0 spiro atoms. The lowest BCUT2D eigenvalue weighted by Crippen LogP contribution is -2.41. The van der Waals surface area contributed by atoms with Crippen molar-refractivity contribution in [2.75, 3.05) is 60.4 Å². The van der Waals surface area contributed by atoms with Crippen molar-refractivity contribution in [1.29, 1.82) is 0 Å². The van der Waals surface area contributed by atoms with Gasteiger partial charge in [0, 0.05) is 40.3 Å². The number of hydrogen-bond acceptors (Lipinski definition) is 3. The van der Waals surface area contributed by atoms with Crippen LogP contribution < -0.4 is 10.6 Å². The van der Waals surface area contributed by atoms with Crippen LogP contribution in [-0.2, 0) is 0 Å². The van der Waals surface area contributed by atoms with Gasteiger partial charge in [0.25, 0.3) is 0 Å². The van der Waals surface area contributed by atoms with Crippen LogP contribution in [0, 0.1) is 0 Å². The third-order valence-corrected chi connectivity index (χ3v) is 2.99. The maximum atomic E-state index is 4.09. The van der Waals surface area contributed by atoms with E-state index in [0.29, 0.717) is 0 Å². The van der Waals surface area contributed by atoms with E-state index in [2.05, 4.69) is 32.5 Å². The van der Waals surface area contributed by atoms with E-state index in [1.54, 1.807) is 7.05 Å². The summed E-state index contributed by atoms with van der Waals surface area (Å²) in [5.41, 5.74) is 0. The summed E-state index contributed by atoms with van der Waals surface area (Å²) in [5.74, 6) is 0.868. The Morgan fingerprint density at radius 1 is 1.25 bits per heavy atom. The Balaban J connectivity index is 2.17. The number of likely N-dealkylation sites (N-methyl/N-ethyl adjacent to an activating group) is 1. The summed E-state index contributed by atoms with van der Waals surface area (Å²) >= 11 is 0. The first-order valence-corrected chi connectivity index (χ1v) is 6.05. The molecule has 0 radical (unpaired) electrons. The molecule has 94 valence electrons. The van der Waals surface area contributed by atoms with Gasteiger partial charge in [-0.25, -0.2) is 0 Å². The van der Waals surface area contributed by atoms with Crippen LogP contribution in [0.1, 0.15) is 6.42 Å². The van der Waals surface area contributed by atoms with Gasteiger partial charge in [-0.3, -0.25) is 4.99 Å². The van der Waals surface area contributed by atoms with E-state index in [0.717, 1.165) is 19.0 Å².